The molecule has 29 heavy (non-hydrogen) atoms. The van der Waals surface area contributed by atoms with Crippen molar-refractivity contribution in [2.45, 2.75) is 39.2 Å². The number of benzene rings is 1. The number of rotatable bonds is 8. The van der Waals surface area contributed by atoms with Gasteiger partial charge in [-0.05, 0) is 55.7 Å². The number of furan rings is 1. The average molecular weight is 402 g/mol. The molecule has 1 aliphatic rings. The van der Waals surface area contributed by atoms with Crippen LogP contribution in [0.2, 0.25) is 0 Å². The Bertz CT molecular complexity index is 818. The van der Waals surface area contributed by atoms with Crippen LogP contribution in [-0.4, -0.2) is 36.3 Å². The molecule has 1 atom stereocenters. The molecule has 1 aliphatic heterocycles. The molecule has 2 heterocycles. The molecule has 0 radical (unpaired) electrons. The quantitative estimate of drug-likeness (QED) is 0.683. The van der Waals surface area contributed by atoms with Crippen LogP contribution in [-0.2, 0) is 11.4 Å². The van der Waals surface area contributed by atoms with Crippen molar-refractivity contribution in [2.75, 3.05) is 19.6 Å². The zero-order valence-corrected chi connectivity index (χ0v) is 16.7. The number of nitrogens with zero attached hydrogens (tertiary/aromatic N) is 1. The highest BCUT2D eigenvalue weighted by molar-refractivity contribution is 5.92. The summed E-state index contributed by atoms with van der Waals surface area (Å²) in [6, 6.07) is 9.01. The Morgan fingerprint density at radius 1 is 1.24 bits per heavy atom. The summed E-state index contributed by atoms with van der Waals surface area (Å²) in [6.07, 6.45) is 3.56. The second-order valence-corrected chi connectivity index (χ2v) is 7.24. The number of carbonyl (C=O) groups is 2. The van der Waals surface area contributed by atoms with Gasteiger partial charge in [0.05, 0.1) is 5.92 Å². The third-order valence-electron chi connectivity index (χ3n) is 4.98. The number of halogens is 1. The maximum absolute atomic E-state index is 12.9. The summed E-state index contributed by atoms with van der Waals surface area (Å²) < 4.78 is 24.1. The number of piperidine rings is 1. The summed E-state index contributed by atoms with van der Waals surface area (Å²) in [6.45, 7) is 3.91. The van der Waals surface area contributed by atoms with Gasteiger partial charge in [-0.15, -0.1) is 0 Å². The van der Waals surface area contributed by atoms with Gasteiger partial charge in [0.2, 0.25) is 5.91 Å². The summed E-state index contributed by atoms with van der Waals surface area (Å²) in [7, 11) is 0. The first kappa shape index (κ1) is 20.9. The molecule has 2 aromatic rings. The van der Waals surface area contributed by atoms with Crippen molar-refractivity contribution in [3.05, 3.63) is 53.7 Å². The fourth-order valence-corrected chi connectivity index (χ4v) is 3.32. The lowest BCUT2D eigenvalue weighted by atomic mass is 9.97. The number of hydrogen-bond acceptors (Lipinski definition) is 4. The lowest BCUT2D eigenvalue weighted by Crippen LogP contribution is -2.45. The lowest BCUT2D eigenvalue weighted by Gasteiger charge is -2.31. The van der Waals surface area contributed by atoms with E-state index in [2.05, 4.69) is 12.2 Å². The van der Waals surface area contributed by atoms with E-state index < -0.39 is 0 Å². The zero-order chi connectivity index (χ0) is 20.6. The highest BCUT2D eigenvalue weighted by Gasteiger charge is 2.30. The topological polar surface area (TPSA) is 71.8 Å². The molecule has 1 unspecified atom stereocenters. The number of amides is 2. The van der Waals surface area contributed by atoms with Gasteiger partial charge in [0.25, 0.3) is 5.91 Å². The van der Waals surface area contributed by atoms with Gasteiger partial charge in [0, 0.05) is 19.6 Å². The minimum absolute atomic E-state index is 0.0174. The monoisotopic (exact) mass is 402 g/mol. The van der Waals surface area contributed by atoms with Crippen LogP contribution in [0.15, 0.2) is 40.8 Å². The minimum Gasteiger partial charge on any atom is -0.486 e. The van der Waals surface area contributed by atoms with E-state index in [1.807, 2.05) is 0 Å². The van der Waals surface area contributed by atoms with E-state index in [-0.39, 0.29) is 35.9 Å². The largest absolute Gasteiger partial charge is 0.486 e. The van der Waals surface area contributed by atoms with Crippen molar-refractivity contribution >= 4 is 11.8 Å². The normalized spacial score (nSPS) is 16.5. The molecule has 0 bridgehead atoms. The molecule has 1 saturated heterocycles. The predicted molar refractivity (Wildman–Crippen MR) is 106 cm³/mol. The molecule has 2 amide bonds. The third-order valence-corrected chi connectivity index (χ3v) is 4.98. The van der Waals surface area contributed by atoms with Gasteiger partial charge < -0.3 is 19.4 Å². The molecule has 1 aromatic carbocycles. The maximum atomic E-state index is 12.9. The average Bonchev–Trinajstić information content (AvgIpc) is 3.22. The smallest absolute Gasteiger partial charge is 0.289 e. The van der Waals surface area contributed by atoms with Crippen LogP contribution in [0.5, 0.6) is 5.75 Å². The van der Waals surface area contributed by atoms with Crippen LogP contribution in [0.3, 0.4) is 0 Å². The molecule has 0 saturated carbocycles. The summed E-state index contributed by atoms with van der Waals surface area (Å²) >= 11 is 0. The number of ether oxygens (including phenoxy) is 1. The van der Waals surface area contributed by atoms with E-state index in [9.17, 15) is 14.0 Å². The van der Waals surface area contributed by atoms with Gasteiger partial charge in [0.15, 0.2) is 5.76 Å². The Kier molecular flexibility index (Phi) is 7.27. The van der Waals surface area contributed by atoms with Crippen LogP contribution >= 0.6 is 0 Å². The van der Waals surface area contributed by atoms with Crippen molar-refractivity contribution in [1.29, 1.82) is 0 Å². The molecule has 6 nitrogen and oxygen atoms in total. The Labute approximate surface area is 170 Å². The molecule has 3 rings (SSSR count). The number of likely N-dealkylation sites (tertiary alicyclic amines) is 1. The van der Waals surface area contributed by atoms with Gasteiger partial charge in [-0.1, -0.05) is 13.3 Å². The second-order valence-electron chi connectivity index (χ2n) is 7.24. The van der Waals surface area contributed by atoms with E-state index in [0.717, 1.165) is 25.7 Å². The molecular formula is C22H27FN2O4. The van der Waals surface area contributed by atoms with E-state index in [4.69, 9.17) is 9.15 Å². The molecule has 1 N–H and O–H groups in total. The van der Waals surface area contributed by atoms with Gasteiger partial charge in [-0.3, -0.25) is 9.59 Å². The standard InChI is InChI=1S/C22H27FN2O4/c1-2-3-12-24-21(26)16-5-4-13-25(14-16)22(27)20-11-10-19(29-20)15-28-18-8-6-17(23)7-9-18/h6-11,16H,2-5,12-15H2,1H3,(H,24,26). The first-order valence-corrected chi connectivity index (χ1v) is 10.1. The van der Waals surface area contributed by atoms with Gasteiger partial charge in [0.1, 0.15) is 23.9 Å². The first-order chi connectivity index (χ1) is 14.1. The van der Waals surface area contributed by atoms with Crippen LogP contribution in [0.25, 0.3) is 0 Å². The van der Waals surface area contributed by atoms with Crippen LogP contribution in [0, 0.1) is 11.7 Å². The van der Waals surface area contributed by atoms with Gasteiger partial charge in [-0.25, -0.2) is 4.39 Å². The van der Waals surface area contributed by atoms with Crippen molar-refractivity contribution in [1.82, 2.24) is 10.2 Å². The molecule has 1 fully saturated rings. The zero-order valence-electron chi connectivity index (χ0n) is 16.7. The van der Waals surface area contributed by atoms with E-state index in [0.29, 0.717) is 31.1 Å². The molecule has 1 aromatic heterocycles. The lowest BCUT2D eigenvalue weighted by molar-refractivity contribution is -0.126. The number of nitrogens with one attached hydrogen (secondary N) is 1. The summed E-state index contributed by atoms with van der Waals surface area (Å²) in [5, 5.41) is 2.95. The maximum Gasteiger partial charge on any atom is 0.289 e. The second kappa shape index (κ2) is 10.1. The molecule has 0 aliphatic carbocycles. The predicted octanol–water partition coefficient (Wildman–Crippen LogP) is 3.77. The molecule has 156 valence electrons. The van der Waals surface area contributed by atoms with Crippen molar-refractivity contribution in [2.24, 2.45) is 5.92 Å². The minimum atomic E-state index is -0.331. The SMILES string of the molecule is CCCCNC(=O)C1CCCN(C(=O)c2ccc(COc3ccc(F)cc3)o2)C1. The Balaban J connectivity index is 1.53. The fourth-order valence-electron chi connectivity index (χ4n) is 3.32. The number of unbranched alkanes of at least 4 members (excludes halogenated alkanes) is 1. The highest BCUT2D eigenvalue weighted by Crippen LogP contribution is 2.21. The Morgan fingerprint density at radius 2 is 2.03 bits per heavy atom. The molecule has 7 heteroatoms. The summed E-state index contributed by atoms with van der Waals surface area (Å²) in [4.78, 5) is 26.8. The van der Waals surface area contributed by atoms with E-state index >= 15 is 0 Å². The fraction of sp³-hybridized carbons (Fsp3) is 0.455. The van der Waals surface area contributed by atoms with Gasteiger partial charge >= 0.3 is 0 Å². The first-order valence-electron chi connectivity index (χ1n) is 10.1. The molecular weight excluding hydrogens is 375 g/mol. The van der Waals surface area contributed by atoms with Crippen LogP contribution in [0.4, 0.5) is 4.39 Å². The molecule has 0 spiro atoms. The summed E-state index contributed by atoms with van der Waals surface area (Å²) in [5.41, 5.74) is 0. The van der Waals surface area contributed by atoms with Gasteiger partial charge in [-0.2, -0.15) is 0 Å². The Morgan fingerprint density at radius 3 is 2.79 bits per heavy atom. The van der Waals surface area contributed by atoms with Crippen molar-refractivity contribution < 1.29 is 23.1 Å². The van der Waals surface area contributed by atoms with E-state index in [1.165, 1.54) is 24.3 Å². The third kappa shape index (κ3) is 5.82. The number of hydrogen-bond donors (Lipinski definition) is 1. The van der Waals surface area contributed by atoms with Crippen molar-refractivity contribution in [3.63, 3.8) is 0 Å². The van der Waals surface area contributed by atoms with Crippen LogP contribution < -0.4 is 10.1 Å². The highest BCUT2D eigenvalue weighted by atomic mass is 19.1. The van der Waals surface area contributed by atoms with E-state index in [1.54, 1.807) is 17.0 Å². The summed E-state index contributed by atoms with van der Waals surface area (Å²) in [5.74, 6) is 0.540. The van der Waals surface area contributed by atoms with Crippen LogP contribution in [0.1, 0.15) is 48.9 Å². The number of carbonyl (C=O) groups excluding carboxylic acids is 2. The van der Waals surface area contributed by atoms with Crippen molar-refractivity contribution in [3.8, 4) is 5.75 Å². The Hall–Kier alpha value is -2.83.